The van der Waals surface area contributed by atoms with Crippen LogP contribution in [-0.4, -0.2) is 27.0 Å². The molecule has 0 saturated heterocycles. The van der Waals surface area contributed by atoms with Crippen molar-refractivity contribution in [2.24, 2.45) is 5.10 Å². The summed E-state index contributed by atoms with van der Waals surface area (Å²) in [6.45, 7) is 2.03. The van der Waals surface area contributed by atoms with Gasteiger partial charge in [-0.3, -0.25) is 4.79 Å². The van der Waals surface area contributed by atoms with Gasteiger partial charge in [-0.2, -0.15) is 10.2 Å². The van der Waals surface area contributed by atoms with Crippen LogP contribution in [0.15, 0.2) is 90.2 Å². The Kier molecular flexibility index (Phi) is 5.39. The minimum absolute atomic E-state index is 0.0950. The van der Waals surface area contributed by atoms with E-state index in [0.29, 0.717) is 0 Å². The number of carbonyl (C=O) groups excluding carboxylic acids is 1. The molecule has 3 aromatic carbocycles. The molecule has 1 heterocycles. The molecule has 1 aromatic heterocycles. The average molecular weight is 396 g/mol. The highest BCUT2D eigenvalue weighted by Gasteiger charge is 2.12. The molecule has 0 saturated carbocycles. The molecule has 1 amide bonds. The van der Waals surface area contributed by atoms with Gasteiger partial charge in [-0.15, -0.1) is 0 Å². The topological polar surface area (TPSA) is 79.5 Å². The maximum Gasteiger partial charge on any atom is 0.275 e. The summed E-state index contributed by atoms with van der Waals surface area (Å²) in [7, 11) is 0. The smallest absolute Gasteiger partial charge is 0.275 e. The van der Waals surface area contributed by atoms with Crippen molar-refractivity contribution in [1.29, 1.82) is 0 Å². The number of para-hydroxylation sites is 2. The number of hydrazone groups is 1. The summed E-state index contributed by atoms with van der Waals surface area (Å²) in [5.41, 5.74) is 7.15. The Morgan fingerprint density at radius 1 is 1.00 bits per heavy atom. The van der Waals surface area contributed by atoms with Gasteiger partial charge >= 0.3 is 0 Å². The first kappa shape index (κ1) is 19.1. The van der Waals surface area contributed by atoms with Crippen molar-refractivity contribution < 1.29 is 9.90 Å². The Hall–Kier alpha value is -4.19. The summed E-state index contributed by atoms with van der Waals surface area (Å²) >= 11 is 0. The lowest BCUT2D eigenvalue weighted by Crippen LogP contribution is -2.17. The number of hydrogen-bond donors (Lipinski definition) is 2. The molecule has 0 atom stereocenters. The number of aryl methyl sites for hydroxylation is 1. The van der Waals surface area contributed by atoms with E-state index in [4.69, 9.17) is 5.10 Å². The van der Waals surface area contributed by atoms with Gasteiger partial charge in [0.15, 0.2) is 0 Å². The number of phenols is 1. The summed E-state index contributed by atoms with van der Waals surface area (Å²) in [5.74, 6) is -0.584. The molecule has 0 aliphatic rings. The van der Waals surface area contributed by atoms with Gasteiger partial charge in [0.2, 0.25) is 0 Å². The van der Waals surface area contributed by atoms with Crippen LogP contribution in [0, 0.1) is 6.92 Å². The van der Waals surface area contributed by atoms with Gasteiger partial charge in [0, 0.05) is 17.3 Å². The SMILES string of the molecule is Cc1ccc(-c2nn(-c3ccccc3)cc2/C=N/NC(=O)c2ccccc2O)cc1. The van der Waals surface area contributed by atoms with Crippen LogP contribution in [0.4, 0.5) is 0 Å². The average Bonchev–Trinajstić information content (AvgIpc) is 3.19. The Morgan fingerprint density at radius 2 is 1.70 bits per heavy atom. The Labute approximate surface area is 174 Å². The van der Waals surface area contributed by atoms with Crippen molar-refractivity contribution in [3.8, 4) is 22.7 Å². The number of aromatic hydroxyl groups is 1. The molecule has 0 radical (unpaired) electrons. The standard InChI is InChI=1S/C24H20N4O2/c1-17-11-13-18(14-12-17)23-19(16-28(27-23)20-7-3-2-4-8-20)15-25-26-24(30)21-9-5-6-10-22(21)29/h2-16,29H,1H3,(H,26,30)/b25-15+. The minimum Gasteiger partial charge on any atom is -0.507 e. The highest BCUT2D eigenvalue weighted by atomic mass is 16.3. The van der Waals surface area contributed by atoms with Gasteiger partial charge in [-0.1, -0.05) is 60.2 Å². The Bertz CT molecular complexity index is 1200. The summed E-state index contributed by atoms with van der Waals surface area (Å²) in [6.07, 6.45) is 3.42. The number of phenolic OH excluding ortho intramolecular Hbond substituents is 1. The lowest BCUT2D eigenvalue weighted by molar-refractivity contribution is 0.0952. The summed E-state index contributed by atoms with van der Waals surface area (Å²) in [4.78, 5) is 12.3. The monoisotopic (exact) mass is 396 g/mol. The molecule has 6 heteroatoms. The van der Waals surface area contributed by atoms with Crippen molar-refractivity contribution in [2.75, 3.05) is 0 Å². The van der Waals surface area contributed by atoms with Crippen molar-refractivity contribution in [2.45, 2.75) is 6.92 Å². The molecule has 0 unspecified atom stereocenters. The van der Waals surface area contributed by atoms with Crippen LogP contribution in [0.5, 0.6) is 5.75 Å². The van der Waals surface area contributed by atoms with Gasteiger partial charge in [0.1, 0.15) is 11.4 Å². The van der Waals surface area contributed by atoms with Crippen LogP contribution in [0.1, 0.15) is 21.5 Å². The van der Waals surface area contributed by atoms with Gasteiger partial charge in [0.05, 0.1) is 17.5 Å². The van der Waals surface area contributed by atoms with Crippen LogP contribution < -0.4 is 5.43 Å². The number of benzene rings is 3. The normalized spacial score (nSPS) is 11.0. The third-order valence-electron chi connectivity index (χ3n) is 4.61. The summed E-state index contributed by atoms with van der Waals surface area (Å²) < 4.78 is 1.78. The molecular weight excluding hydrogens is 376 g/mol. The maximum absolute atomic E-state index is 12.3. The Balaban J connectivity index is 1.65. The molecule has 0 spiro atoms. The molecule has 148 valence electrons. The zero-order valence-corrected chi connectivity index (χ0v) is 16.4. The fraction of sp³-hybridized carbons (Fsp3) is 0.0417. The van der Waals surface area contributed by atoms with Crippen molar-refractivity contribution >= 4 is 12.1 Å². The van der Waals surface area contributed by atoms with Gasteiger partial charge in [-0.05, 0) is 31.2 Å². The molecule has 0 fully saturated rings. The molecule has 4 rings (SSSR count). The lowest BCUT2D eigenvalue weighted by Gasteiger charge is -2.02. The number of nitrogens with one attached hydrogen (secondary N) is 1. The number of amides is 1. The van der Waals surface area contributed by atoms with Gasteiger partial charge in [0.25, 0.3) is 5.91 Å². The maximum atomic E-state index is 12.3. The molecule has 4 aromatic rings. The first-order chi connectivity index (χ1) is 14.6. The second-order valence-corrected chi connectivity index (χ2v) is 6.80. The third-order valence-corrected chi connectivity index (χ3v) is 4.61. The second kappa shape index (κ2) is 8.45. The van der Waals surface area contributed by atoms with E-state index in [2.05, 4.69) is 10.5 Å². The van der Waals surface area contributed by atoms with E-state index in [1.165, 1.54) is 12.1 Å². The molecule has 30 heavy (non-hydrogen) atoms. The van der Waals surface area contributed by atoms with Crippen LogP contribution in [0.2, 0.25) is 0 Å². The number of nitrogens with zero attached hydrogens (tertiary/aromatic N) is 3. The number of rotatable bonds is 5. The second-order valence-electron chi connectivity index (χ2n) is 6.80. The largest absolute Gasteiger partial charge is 0.507 e. The van der Waals surface area contributed by atoms with Crippen molar-refractivity contribution in [1.82, 2.24) is 15.2 Å². The Morgan fingerprint density at radius 3 is 2.43 bits per heavy atom. The molecule has 0 aliphatic carbocycles. The molecule has 6 nitrogen and oxygen atoms in total. The highest BCUT2D eigenvalue weighted by molar-refractivity contribution is 5.97. The van der Waals surface area contributed by atoms with Crippen molar-refractivity contribution in [3.05, 3.63) is 102 Å². The minimum atomic E-state index is -0.489. The first-order valence-corrected chi connectivity index (χ1v) is 9.45. The van der Waals surface area contributed by atoms with E-state index in [9.17, 15) is 9.90 Å². The summed E-state index contributed by atoms with van der Waals surface area (Å²) in [5, 5.41) is 18.6. The van der Waals surface area contributed by atoms with Crippen molar-refractivity contribution in [3.63, 3.8) is 0 Å². The van der Waals surface area contributed by atoms with E-state index < -0.39 is 5.91 Å². The van der Waals surface area contributed by atoms with E-state index >= 15 is 0 Å². The molecule has 0 bridgehead atoms. The van der Waals surface area contributed by atoms with Crippen LogP contribution in [0.3, 0.4) is 0 Å². The van der Waals surface area contributed by atoms with E-state index in [1.54, 1.807) is 23.0 Å². The molecular formula is C24H20N4O2. The molecule has 2 N–H and O–H groups in total. The predicted molar refractivity (Wildman–Crippen MR) is 117 cm³/mol. The molecule has 0 aliphatic heterocycles. The van der Waals surface area contributed by atoms with E-state index in [-0.39, 0.29) is 11.3 Å². The number of hydrogen-bond acceptors (Lipinski definition) is 4. The predicted octanol–water partition coefficient (Wildman–Crippen LogP) is 4.32. The van der Waals surface area contributed by atoms with E-state index in [1.807, 2.05) is 67.7 Å². The van der Waals surface area contributed by atoms with Gasteiger partial charge < -0.3 is 5.11 Å². The fourth-order valence-electron chi connectivity index (χ4n) is 3.02. The fourth-order valence-corrected chi connectivity index (χ4v) is 3.02. The van der Waals surface area contributed by atoms with E-state index in [0.717, 1.165) is 28.1 Å². The van der Waals surface area contributed by atoms with Crippen LogP contribution >= 0.6 is 0 Å². The zero-order valence-electron chi connectivity index (χ0n) is 16.4. The third kappa shape index (κ3) is 4.12. The summed E-state index contributed by atoms with van der Waals surface area (Å²) in [6, 6.07) is 24.2. The highest BCUT2D eigenvalue weighted by Crippen LogP contribution is 2.23. The lowest BCUT2D eigenvalue weighted by atomic mass is 10.1. The van der Waals surface area contributed by atoms with Crippen LogP contribution in [-0.2, 0) is 0 Å². The quantitative estimate of drug-likeness (QED) is 0.390. The number of carbonyl (C=O) groups is 1. The first-order valence-electron chi connectivity index (χ1n) is 9.45. The number of aromatic nitrogens is 2. The van der Waals surface area contributed by atoms with Gasteiger partial charge in [-0.25, -0.2) is 10.1 Å². The zero-order chi connectivity index (χ0) is 20.9. The van der Waals surface area contributed by atoms with Crippen LogP contribution in [0.25, 0.3) is 16.9 Å².